The highest BCUT2D eigenvalue weighted by Gasteiger charge is 2.37. The molecule has 0 aliphatic carbocycles. The van der Waals surface area contributed by atoms with Crippen molar-refractivity contribution in [2.75, 3.05) is 0 Å². The van der Waals surface area contributed by atoms with Crippen LogP contribution < -0.4 is 9.09 Å². The van der Waals surface area contributed by atoms with Gasteiger partial charge in [0, 0.05) is 16.4 Å². The van der Waals surface area contributed by atoms with Gasteiger partial charge in [-0.15, -0.1) is 0 Å². The van der Waals surface area contributed by atoms with E-state index in [-0.39, 0.29) is 10.3 Å². The number of rotatable bonds is 3. The molecule has 3 nitrogen and oxygen atoms in total. The maximum atomic E-state index is 6.46. The van der Waals surface area contributed by atoms with Crippen LogP contribution in [0.2, 0.25) is 0 Å². The van der Waals surface area contributed by atoms with Gasteiger partial charge in [-0.25, -0.2) is 9.13 Å². The van der Waals surface area contributed by atoms with Crippen molar-refractivity contribution in [3.63, 3.8) is 0 Å². The molecule has 0 fully saturated rings. The fourth-order valence-corrected chi connectivity index (χ4v) is 5.57. The molecule has 1 heterocycles. The lowest BCUT2D eigenvalue weighted by atomic mass is 10.2. The second kappa shape index (κ2) is 6.04. The van der Waals surface area contributed by atoms with Gasteiger partial charge in [0.05, 0.1) is 15.2 Å². The van der Waals surface area contributed by atoms with Crippen LogP contribution in [0, 0.1) is 0 Å². The van der Waals surface area contributed by atoms with Crippen molar-refractivity contribution < 1.29 is 9.09 Å². The summed E-state index contributed by atoms with van der Waals surface area (Å²) in [5, 5.41) is 0.285. The third-order valence-electron chi connectivity index (χ3n) is 3.30. The second-order valence-corrected chi connectivity index (χ2v) is 11.2. The number of nitrogens with zero attached hydrogens (tertiary/aromatic N) is 2. The molecular weight excluding hydrogens is 291 g/mol. The molecule has 0 saturated heterocycles. The summed E-state index contributed by atoms with van der Waals surface area (Å²) in [4.78, 5) is 0. The van der Waals surface area contributed by atoms with Gasteiger partial charge in [-0.05, 0) is 12.1 Å². The van der Waals surface area contributed by atoms with E-state index >= 15 is 0 Å². The van der Waals surface area contributed by atoms with E-state index in [2.05, 4.69) is 82.9 Å². The van der Waals surface area contributed by atoms with Crippen LogP contribution in [0.1, 0.15) is 41.5 Å². The summed E-state index contributed by atoms with van der Waals surface area (Å²) < 4.78 is 10.6. The fraction of sp³-hybridized carbons (Fsp3) is 0.500. The Morgan fingerprint density at radius 1 is 1.05 bits per heavy atom. The van der Waals surface area contributed by atoms with E-state index in [0.717, 1.165) is 11.4 Å². The average Bonchev–Trinajstić information content (AvgIpc) is 2.80. The molecule has 22 heavy (non-hydrogen) atoms. The molecule has 0 aliphatic heterocycles. The van der Waals surface area contributed by atoms with Crippen molar-refractivity contribution in [2.45, 2.75) is 51.9 Å². The molecule has 2 rings (SSSR count). The van der Waals surface area contributed by atoms with Crippen molar-refractivity contribution in [1.82, 2.24) is 4.57 Å². The topological polar surface area (TPSA) is 18.0 Å². The molecule has 0 unspecified atom stereocenters. The van der Waals surface area contributed by atoms with Gasteiger partial charge in [0.25, 0.3) is 0 Å². The average molecular weight is 319 g/mol. The van der Waals surface area contributed by atoms with Crippen molar-refractivity contribution in [2.24, 2.45) is 7.05 Å². The molecule has 0 aliphatic rings. The molecular formula is C18H28N2OP+. The summed E-state index contributed by atoms with van der Waals surface area (Å²) in [7, 11) is 1.41. The van der Waals surface area contributed by atoms with Gasteiger partial charge in [0.2, 0.25) is 6.33 Å². The molecule has 0 atom stereocenters. The first kappa shape index (κ1) is 17.0. The molecule has 2 aromatic rings. The molecule has 0 radical (unpaired) electrons. The first-order valence-electron chi connectivity index (χ1n) is 7.69. The number of hydrogen-bond acceptors (Lipinski definition) is 1. The van der Waals surface area contributed by atoms with Gasteiger partial charge >= 0.3 is 0 Å². The van der Waals surface area contributed by atoms with Crippen molar-refractivity contribution in [1.29, 1.82) is 0 Å². The Hall–Kier alpha value is -1.34. The summed E-state index contributed by atoms with van der Waals surface area (Å²) in [6, 6.07) is 8.33. The minimum Gasteiger partial charge on any atom is -0.473 e. The van der Waals surface area contributed by atoms with E-state index in [9.17, 15) is 0 Å². The summed E-state index contributed by atoms with van der Waals surface area (Å²) >= 11 is 0. The summed E-state index contributed by atoms with van der Waals surface area (Å²) in [5.74, 6) is 0.949. The van der Waals surface area contributed by atoms with Gasteiger partial charge in [-0.3, -0.25) is 0 Å². The Labute approximate surface area is 135 Å². The van der Waals surface area contributed by atoms with Crippen LogP contribution in [0.5, 0.6) is 5.75 Å². The van der Waals surface area contributed by atoms with E-state index in [1.54, 1.807) is 0 Å². The number of hydrogen-bond donors (Lipinski definition) is 0. The second-order valence-electron chi connectivity index (χ2n) is 7.71. The van der Waals surface area contributed by atoms with Crippen LogP contribution >= 0.6 is 8.15 Å². The summed E-state index contributed by atoms with van der Waals surface area (Å²) in [6.45, 7) is 13.6. The zero-order valence-electron chi connectivity index (χ0n) is 14.8. The normalized spacial score (nSPS) is 12.7. The maximum Gasteiger partial charge on any atom is 0.248 e. The highest BCUT2D eigenvalue weighted by molar-refractivity contribution is 7.56. The Kier molecular flexibility index (Phi) is 4.67. The van der Waals surface area contributed by atoms with Crippen molar-refractivity contribution >= 4 is 8.15 Å². The lowest BCUT2D eigenvalue weighted by Crippen LogP contribution is -2.27. The van der Waals surface area contributed by atoms with E-state index in [1.165, 1.54) is 0 Å². The minimum atomic E-state index is -0.610. The lowest BCUT2D eigenvalue weighted by Gasteiger charge is -2.39. The molecule has 0 saturated carbocycles. The fourth-order valence-electron chi connectivity index (χ4n) is 2.69. The Bertz CT molecular complexity index is 621. The van der Waals surface area contributed by atoms with Crippen molar-refractivity contribution in [3.8, 4) is 11.4 Å². The Balaban J connectivity index is 2.29. The van der Waals surface area contributed by atoms with Gasteiger partial charge < -0.3 is 4.52 Å². The quantitative estimate of drug-likeness (QED) is 0.593. The predicted octanol–water partition coefficient (Wildman–Crippen LogP) is 4.67. The first-order chi connectivity index (χ1) is 10.1. The van der Waals surface area contributed by atoms with Gasteiger partial charge in [-0.2, -0.15) is 0 Å². The van der Waals surface area contributed by atoms with Crippen LogP contribution in [0.4, 0.5) is 0 Å². The van der Waals surface area contributed by atoms with Crippen LogP contribution in [0.25, 0.3) is 5.69 Å². The smallest absolute Gasteiger partial charge is 0.248 e. The number of aromatic nitrogens is 2. The number of imidazole rings is 1. The minimum absolute atomic E-state index is 0.142. The molecule has 1 aromatic heterocycles. The van der Waals surface area contributed by atoms with Gasteiger partial charge in [0.15, 0.2) is 0 Å². The van der Waals surface area contributed by atoms with Crippen LogP contribution in [0.3, 0.4) is 0 Å². The number of aryl methyl sites for hydroxylation is 1. The standard InChI is InChI=1S/C18H28N2OP/c1-17(2,3)22(18(4,5)6)21-16-10-8-9-15(13-16)20-12-11-19(7)14-20/h8-14H,1-7H3/q+1. The summed E-state index contributed by atoms with van der Waals surface area (Å²) in [5.41, 5.74) is 1.12. The third kappa shape index (κ3) is 4.10. The SMILES string of the molecule is C[n+]1ccn(-c2cccc(OP(C(C)(C)C)C(C)(C)C)c2)c1. The maximum absolute atomic E-state index is 6.46. The molecule has 0 amide bonds. The highest BCUT2D eigenvalue weighted by atomic mass is 31.1. The Morgan fingerprint density at radius 3 is 2.18 bits per heavy atom. The highest BCUT2D eigenvalue weighted by Crippen LogP contribution is 2.59. The van der Waals surface area contributed by atoms with E-state index in [0.29, 0.717) is 0 Å². The zero-order chi connectivity index (χ0) is 16.5. The van der Waals surface area contributed by atoms with Crippen LogP contribution in [0.15, 0.2) is 43.0 Å². The van der Waals surface area contributed by atoms with E-state index in [1.807, 2.05) is 17.8 Å². The van der Waals surface area contributed by atoms with Gasteiger partial charge in [-0.1, -0.05) is 47.6 Å². The Morgan fingerprint density at radius 2 is 1.68 bits per heavy atom. The number of benzene rings is 1. The summed E-state index contributed by atoms with van der Waals surface area (Å²) in [6.07, 6.45) is 6.13. The monoisotopic (exact) mass is 319 g/mol. The molecule has 0 spiro atoms. The zero-order valence-corrected chi connectivity index (χ0v) is 15.7. The van der Waals surface area contributed by atoms with Crippen molar-refractivity contribution in [3.05, 3.63) is 43.0 Å². The van der Waals surface area contributed by atoms with E-state index < -0.39 is 8.15 Å². The molecule has 1 aromatic carbocycles. The molecule has 0 N–H and O–H groups in total. The predicted molar refractivity (Wildman–Crippen MR) is 94.0 cm³/mol. The lowest BCUT2D eigenvalue weighted by molar-refractivity contribution is -0.670. The van der Waals surface area contributed by atoms with Crippen LogP contribution in [-0.4, -0.2) is 14.9 Å². The molecule has 0 bridgehead atoms. The molecule has 4 heteroatoms. The van der Waals surface area contributed by atoms with E-state index in [4.69, 9.17) is 4.52 Å². The largest absolute Gasteiger partial charge is 0.473 e. The van der Waals surface area contributed by atoms with Gasteiger partial charge in [0.1, 0.15) is 23.8 Å². The molecule has 120 valence electrons. The third-order valence-corrected chi connectivity index (χ3v) is 6.13. The van der Waals surface area contributed by atoms with Crippen LogP contribution in [-0.2, 0) is 7.05 Å². The first-order valence-corrected chi connectivity index (χ1v) is 8.95.